The van der Waals surface area contributed by atoms with Crippen molar-refractivity contribution in [2.75, 3.05) is 6.61 Å². The summed E-state index contributed by atoms with van der Waals surface area (Å²) >= 11 is 0. The van der Waals surface area contributed by atoms with Crippen LogP contribution in [0.25, 0.3) is 0 Å². The number of rotatable bonds is 4. The van der Waals surface area contributed by atoms with Crippen molar-refractivity contribution in [3.63, 3.8) is 0 Å². The van der Waals surface area contributed by atoms with Crippen LogP contribution in [0.15, 0.2) is 11.6 Å². The van der Waals surface area contributed by atoms with E-state index in [2.05, 4.69) is 40.7 Å². The fourth-order valence-corrected chi connectivity index (χ4v) is 13.5. The summed E-state index contributed by atoms with van der Waals surface area (Å²) in [5.74, 6) is -0.922. The molecule has 10 heteroatoms. The standard InChI is InChI=1S/C37H56O10/c1-18-15-21-28(32(5,6)45-19(2)38)47-37(46-21)27(18)33(7)13-14-36-17-35(36)12-11-24(44-29-26(41)25(40)20(39)16-43-29)31(3,4)22(35)9-10-23(36)34(33,8)30(37)42/h10,18,20-22,24-30,39-42H,9,11-17H2,1-8H3/t18-,20-,21-,22?,24+,25+,26-,27-,28+,29+,30-,33-,34-,35-,36+,37+/m1/s1. The van der Waals surface area contributed by atoms with E-state index in [-0.39, 0.29) is 58.3 Å². The van der Waals surface area contributed by atoms with Crippen LogP contribution in [-0.4, -0.2) is 93.4 Å². The SMILES string of the molecule is CC(=O)OC(C)(C)[C@H]1O[C@@]23O[C@@H]1C[C@@H](C)[C@@H]2[C@@]1(C)CC[C@@]24C[C@@]25CC[C@H](O[C@@H]2OC[C@@H](O)[C@H](O)[C@H]2O)C(C)(C)C5CC=C4[C@]1(C)[C@H]3O. The summed E-state index contributed by atoms with van der Waals surface area (Å²) in [6.45, 7) is 16.6. The monoisotopic (exact) mass is 660 g/mol. The lowest BCUT2D eigenvalue weighted by molar-refractivity contribution is -0.300. The van der Waals surface area contributed by atoms with Gasteiger partial charge in [0.25, 0.3) is 0 Å². The molecule has 3 saturated heterocycles. The van der Waals surface area contributed by atoms with Gasteiger partial charge in [0.15, 0.2) is 12.1 Å². The summed E-state index contributed by atoms with van der Waals surface area (Å²) in [6.07, 6.45) is 2.55. The van der Waals surface area contributed by atoms with Crippen molar-refractivity contribution in [2.45, 2.75) is 161 Å². The maximum absolute atomic E-state index is 12.8. The predicted molar refractivity (Wildman–Crippen MR) is 168 cm³/mol. The molecule has 3 spiro atoms. The molecule has 4 saturated carbocycles. The zero-order valence-corrected chi connectivity index (χ0v) is 29.3. The van der Waals surface area contributed by atoms with E-state index in [1.165, 1.54) is 12.5 Å². The van der Waals surface area contributed by atoms with Gasteiger partial charge >= 0.3 is 5.97 Å². The summed E-state index contributed by atoms with van der Waals surface area (Å²) in [4.78, 5) is 12.1. The van der Waals surface area contributed by atoms with Crippen molar-refractivity contribution in [2.24, 2.45) is 44.8 Å². The fraction of sp³-hybridized carbons (Fsp3) is 0.919. The number of aliphatic hydroxyl groups excluding tert-OH is 4. The zero-order chi connectivity index (χ0) is 33.9. The fourth-order valence-electron chi connectivity index (χ4n) is 13.5. The van der Waals surface area contributed by atoms with Crippen LogP contribution in [0.3, 0.4) is 0 Å². The van der Waals surface area contributed by atoms with Gasteiger partial charge in [-0.15, -0.1) is 0 Å². The summed E-state index contributed by atoms with van der Waals surface area (Å²) < 4.78 is 31.8. The van der Waals surface area contributed by atoms with E-state index in [9.17, 15) is 25.2 Å². The second-order valence-electron chi connectivity index (χ2n) is 18.4. The number of hydrogen-bond acceptors (Lipinski definition) is 10. The van der Waals surface area contributed by atoms with Gasteiger partial charge in [-0.25, -0.2) is 0 Å². The van der Waals surface area contributed by atoms with Crippen molar-refractivity contribution in [1.82, 2.24) is 0 Å². The lowest BCUT2D eigenvalue weighted by Gasteiger charge is -2.60. The number of aliphatic hydroxyl groups is 4. The van der Waals surface area contributed by atoms with Gasteiger partial charge < -0.3 is 44.1 Å². The van der Waals surface area contributed by atoms with Crippen LogP contribution in [-0.2, 0) is 28.5 Å². The molecule has 16 atom stereocenters. The van der Waals surface area contributed by atoms with Crippen LogP contribution in [0, 0.1) is 44.8 Å². The number of ether oxygens (including phenoxy) is 5. The zero-order valence-electron chi connectivity index (χ0n) is 29.3. The first kappa shape index (κ1) is 33.1. The summed E-state index contributed by atoms with van der Waals surface area (Å²) in [5, 5.41) is 43.6. The number of carbonyl (C=O) groups is 1. The number of esters is 1. The average Bonchev–Trinajstić information content (AvgIpc) is 3.49. The Kier molecular flexibility index (Phi) is 6.90. The largest absolute Gasteiger partial charge is 0.457 e. The van der Waals surface area contributed by atoms with E-state index in [0.29, 0.717) is 5.92 Å². The Hall–Kier alpha value is -1.11. The lowest BCUT2D eigenvalue weighted by Crippen LogP contribution is -2.58. The van der Waals surface area contributed by atoms with Gasteiger partial charge in [0, 0.05) is 18.3 Å². The van der Waals surface area contributed by atoms with Gasteiger partial charge in [-0.1, -0.05) is 46.3 Å². The molecule has 4 N–H and O–H groups in total. The quantitative estimate of drug-likeness (QED) is 0.261. The molecule has 0 aromatic rings. The van der Waals surface area contributed by atoms with Crippen LogP contribution in [0.1, 0.15) is 100 Å². The Bertz CT molecular complexity index is 1380. The Morgan fingerprint density at radius 3 is 2.45 bits per heavy atom. The molecular weight excluding hydrogens is 604 g/mol. The molecule has 8 rings (SSSR count). The highest BCUT2D eigenvalue weighted by atomic mass is 16.8. The second-order valence-corrected chi connectivity index (χ2v) is 18.4. The average molecular weight is 661 g/mol. The van der Waals surface area contributed by atoms with Crippen LogP contribution < -0.4 is 0 Å². The van der Waals surface area contributed by atoms with E-state index in [1.807, 2.05) is 13.8 Å². The molecule has 47 heavy (non-hydrogen) atoms. The first-order chi connectivity index (χ1) is 21.8. The van der Waals surface area contributed by atoms with Gasteiger partial charge in [-0.05, 0) is 92.3 Å². The van der Waals surface area contributed by atoms with E-state index in [0.717, 1.165) is 44.9 Å². The second kappa shape index (κ2) is 9.81. The molecule has 2 bridgehead atoms. The third-order valence-electron chi connectivity index (χ3n) is 15.6. The van der Waals surface area contributed by atoms with Gasteiger partial charge in [0.2, 0.25) is 0 Å². The molecule has 0 aromatic heterocycles. The minimum absolute atomic E-state index is 0.00363. The Morgan fingerprint density at radius 1 is 1.02 bits per heavy atom. The number of carbonyl (C=O) groups excluding carboxylic acids is 1. The summed E-state index contributed by atoms with van der Waals surface area (Å²) in [5.41, 5.74) is -0.442. The molecule has 1 unspecified atom stereocenters. The van der Waals surface area contributed by atoms with Crippen molar-refractivity contribution in [3.8, 4) is 0 Å². The van der Waals surface area contributed by atoms with Gasteiger partial charge in [-0.3, -0.25) is 4.79 Å². The molecular formula is C37H56O10. The van der Waals surface area contributed by atoms with E-state index < -0.39 is 53.6 Å². The highest BCUT2D eigenvalue weighted by Gasteiger charge is 2.86. The Morgan fingerprint density at radius 2 is 1.74 bits per heavy atom. The summed E-state index contributed by atoms with van der Waals surface area (Å²) in [6, 6.07) is 0. The third kappa shape index (κ3) is 3.83. The van der Waals surface area contributed by atoms with Crippen LogP contribution in [0.4, 0.5) is 0 Å². The molecule has 8 aliphatic rings. The van der Waals surface area contributed by atoms with Gasteiger partial charge in [0.1, 0.15) is 36.1 Å². The maximum atomic E-state index is 12.8. The minimum atomic E-state index is -1.31. The minimum Gasteiger partial charge on any atom is -0.457 e. The lowest BCUT2D eigenvalue weighted by atomic mass is 9.44. The van der Waals surface area contributed by atoms with Gasteiger partial charge in [0.05, 0.1) is 18.8 Å². The van der Waals surface area contributed by atoms with Crippen molar-refractivity contribution in [1.29, 1.82) is 0 Å². The van der Waals surface area contributed by atoms with Crippen molar-refractivity contribution < 1.29 is 48.9 Å². The van der Waals surface area contributed by atoms with Crippen molar-refractivity contribution >= 4 is 5.97 Å². The predicted octanol–water partition coefficient (Wildman–Crippen LogP) is 3.61. The Balaban J connectivity index is 1.12. The first-order valence-corrected chi connectivity index (χ1v) is 18.1. The Labute approximate surface area is 278 Å². The molecule has 7 fully saturated rings. The number of fused-ring (bicyclic) bond motifs is 4. The molecule has 3 heterocycles. The van der Waals surface area contributed by atoms with Gasteiger partial charge in [-0.2, -0.15) is 0 Å². The normalized spacial score (nSPS) is 57.1. The van der Waals surface area contributed by atoms with Crippen LogP contribution in [0.5, 0.6) is 0 Å². The highest BCUT2D eigenvalue weighted by Crippen LogP contribution is 2.89. The molecule has 0 amide bonds. The number of allylic oxidation sites excluding steroid dienone is 1. The molecule has 0 aromatic carbocycles. The van der Waals surface area contributed by atoms with Crippen molar-refractivity contribution in [3.05, 3.63) is 11.6 Å². The molecule has 3 aliphatic heterocycles. The molecule has 0 radical (unpaired) electrons. The van der Waals surface area contributed by atoms with E-state index in [4.69, 9.17) is 23.7 Å². The van der Waals surface area contributed by atoms with E-state index >= 15 is 0 Å². The van der Waals surface area contributed by atoms with Crippen LogP contribution >= 0.6 is 0 Å². The summed E-state index contributed by atoms with van der Waals surface area (Å²) in [7, 11) is 0. The molecule has 5 aliphatic carbocycles. The third-order valence-corrected chi connectivity index (χ3v) is 15.6. The molecule has 264 valence electrons. The first-order valence-electron chi connectivity index (χ1n) is 18.1. The molecule has 10 nitrogen and oxygen atoms in total. The number of hydrogen-bond donors (Lipinski definition) is 4. The van der Waals surface area contributed by atoms with E-state index in [1.54, 1.807) is 0 Å². The maximum Gasteiger partial charge on any atom is 0.303 e. The van der Waals surface area contributed by atoms with Crippen LogP contribution in [0.2, 0.25) is 0 Å². The smallest absolute Gasteiger partial charge is 0.303 e. The highest BCUT2D eigenvalue weighted by molar-refractivity contribution is 5.66. The topological polar surface area (TPSA) is 144 Å².